The molecule has 0 saturated carbocycles. The van der Waals surface area contributed by atoms with E-state index in [0.717, 1.165) is 31.2 Å². The molecule has 1 aromatic heterocycles. The molecule has 1 N–H and O–H groups in total. The zero-order valence-electron chi connectivity index (χ0n) is 15.8. The Morgan fingerprint density at radius 2 is 1.93 bits per heavy atom. The second-order valence-corrected chi connectivity index (χ2v) is 7.17. The van der Waals surface area contributed by atoms with Gasteiger partial charge in [-0.1, -0.05) is 54.6 Å². The first-order valence-electron chi connectivity index (χ1n) is 9.65. The molecular formula is C23H26N4. The highest BCUT2D eigenvalue weighted by Gasteiger charge is 2.25. The van der Waals surface area contributed by atoms with Crippen LogP contribution >= 0.6 is 0 Å². The Bertz CT molecular complexity index is 915. The predicted octanol–water partition coefficient (Wildman–Crippen LogP) is 3.87. The SMILES string of the molecule is CN=C(NCc1nccc2ccccc12)N1CCC(Cc2ccccc2)C1. The molecule has 1 saturated heterocycles. The van der Waals surface area contributed by atoms with Crippen molar-refractivity contribution in [3.05, 3.63) is 78.1 Å². The molecule has 27 heavy (non-hydrogen) atoms. The van der Waals surface area contributed by atoms with Crippen LogP contribution in [-0.2, 0) is 13.0 Å². The van der Waals surface area contributed by atoms with Gasteiger partial charge in [-0.15, -0.1) is 0 Å². The second-order valence-electron chi connectivity index (χ2n) is 7.17. The average Bonchev–Trinajstić information content (AvgIpc) is 3.17. The number of likely N-dealkylation sites (tertiary alicyclic amines) is 1. The van der Waals surface area contributed by atoms with Crippen LogP contribution in [0.2, 0.25) is 0 Å². The Kier molecular flexibility index (Phi) is 5.33. The van der Waals surface area contributed by atoms with E-state index in [1.165, 1.54) is 22.8 Å². The molecule has 1 fully saturated rings. The van der Waals surface area contributed by atoms with Crippen LogP contribution in [0, 0.1) is 5.92 Å². The zero-order valence-corrected chi connectivity index (χ0v) is 15.8. The summed E-state index contributed by atoms with van der Waals surface area (Å²) in [5.41, 5.74) is 2.49. The van der Waals surface area contributed by atoms with Crippen molar-refractivity contribution < 1.29 is 0 Å². The summed E-state index contributed by atoms with van der Waals surface area (Å²) >= 11 is 0. The number of benzene rings is 2. The normalized spacial score (nSPS) is 17.4. The third-order valence-electron chi connectivity index (χ3n) is 5.33. The Morgan fingerprint density at radius 3 is 2.78 bits per heavy atom. The molecule has 0 bridgehead atoms. The standard InChI is InChI=1S/C23H26N4/c1-24-23(26-16-22-21-10-6-5-9-20(21)11-13-25-22)27-14-12-19(17-27)15-18-7-3-2-4-8-18/h2-11,13,19H,12,14-17H2,1H3,(H,24,26). The fourth-order valence-corrected chi connectivity index (χ4v) is 3.96. The van der Waals surface area contributed by atoms with Gasteiger partial charge in [-0.05, 0) is 35.8 Å². The van der Waals surface area contributed by atoms with Gasteiger partial charge in [-0.2, -0.15) is 0 Å². The molecule has 3 aromatic rings. The summed E-state index contributed by atoms with van der Waals surface area (Å²) in [4.78, 5) is 11.5. The maximum Gasteiger partial charge on any atom is 0.193 e. The van der Waals surface area contributed by atoms with Gasteiger partial charge in [0.1, 0.15) is 0 Å². The van der Waals surface area contributed by atoms with Gasteiger partial charge in [0.05, 0.1) is 12.2 Å². The molecule has 2 heterocycles. The first kappa shape index (κ1) is 17.5. The minimum atomic E-state index is 0.682. The third-order valence-corrected chi connectivity index (χ3v) is 5.33. The van der Waals surface area contributed by atoms with Gasteiger partial charge in [-0.3, -0.25) is 9.98 Å². The molecule has 1 aliphatic heterocycles. The van der Waals surface area contributed by atoms with Crippen molar-refractivity contribution in [1.29, 1.82) is 0 Å². The van der Waals surface area contributed by atoms with Crippen LogP contribution in [0.1, 0.15) is 17.7 Å². The lowest BCUT2D eigenvalue weighted by molar-refractivity contribution is 0.459. The molecule has 4 heteroatoms. The van der Waals surface area contributed by atoms with Crippen LogP contribution in [0.4, 0.5) is 0 Å². The predicted molar refractivity (Wildman–Crippen MR) is 112 cm³/mol. The van der Waals surface area contributed by atoms with E-state index in [-0.39, 0.29) is 0 Å². The van der Waals surface area contributed by atoms with Gasteiger partial charge >= 0.3 is 0 Å². The van der Waals surface area contributed by atoms with E-state index in [1.54, 1.807) is 0 Å². The third kappa shape index (κ3) is 4.11. The molecule has 4 nitrogen and oxygen atoms in total. The number of aliphatic imine (C=N–C) groups is 1. The van der Waals surface area contributed by atoms with Gasteiger partial charge in [-0.25, -0.2) is 0 Å². The van der Waals surface area contributed by atoms with E-state index in [9.17, 15) is 0 Å². The minimum absolute atomic E-state index is 0.682. The Hall–Kier alpha value is -2.88. The second kappa shape index (κ2) is 8.21. The minimum Gasteiger partial charge on any atom is -0.351 e. The summed E-state index contributed by atoms with van der Waals surface area (Å²) in [6.07, 6.45) is 4.23. The van der Waals surface area contributed by atoms with Gasteiger partial charge < -0.3 is 10.2 Å². The molecule has 4 rings (SSSR count). The van der Waals surface area contributed by atoms with E-state index in [4.69, 9.17) is 0 Å². The number of rotatable bonds is 4. The maximum absolute atomic E-state index is 4.57. The summed E-state index contributed by atoms with van der Waals surface area (Å²) in [7, 11) is 1.86. The molecule has 2 aromatic carbocycles. The molecular weight excluding hydrogens is 332 g/mol. The number of pyridine rings is 1. The van der Waals surface area contributed by atoms with Crippen LogP contribution in [0.15, 0.2) is 71.9 Å². The van der Waals surface area contributed by atoms with E-state index < -0.39 is 0 Å². The number of nitrogens with one attached hydrogen (secondary N) is 1. The quantitative estimate of drug-likeness (QED) is 0.568. The lowest BCUT2D eigenvalue weighted by Gasteiger charge is -2.22. The first-order valence-corrected chi connectivity index (χ1v) is 9.65. The van der Waals surface area contributed by atoms with Crippen LogP contribution in [0.3, 0.4) is 0 Å². The lowest BCUT2D eigenvalue weighted by Crippen LogP contribution is -2.39. The fraction of sp³-hybridized carbons (Fsp3) is 0.304. The number of fused-ring (bicyclic) bond motifs is 1. The first-order chi connectivity index (χ1) is 13.3. The number of hydrogen-bond acceptors (Lipinski definition) is 2. The summed E-state index contributed by atoms with van der Waals surface area (Å²) in [5, 5.41) is 5.94. The van der Waals surface area contributed by atoms with E-state index in [0.29, 0.717) is 12.5 Å². The van der Waals surface area contributed by atoms with Crippen LogP contribution in [0.25, 0.3) is 10.8 Å². The molecule has 1 atom stereocenters. The summed E-state index contributed by atoms with van der Waals surface area (Å²) in [6.45, 7) is 2.80. The molecule has 0 spiro atoms. The molecule has 1 aliphatic rings. The van der Waals surface area contributed by atoms with Crippen LogP contribution in [0.5, 0.6) is 0 Å². The number of hydrogen-bond donors (Lipinski definition) is 1. The monoisotopic (exact) mass is 358 g/mol. The largest absolute Gasteiger partial charge is 0.351 e. The van der Waals surface area contributed by atoms with Crippen molar-refractivity contribution in [3.63, 3.8) is 0 Å². The highest BCUT2D eigenvalue weighted by atomic mass is 15.3. The van der Waals surface area contributed by atoms with Crippen molar-refractivity contribution in [2.75, 3.05) is 20.1 Å². The highest BCUT2D eigenvalue weighted by molar-refractivity contribution is 5.85. The number of guanidine groups is 1. The lowest BCUT2D eigenvalue weighted by atomic mass is 9.99. The summed E-state index contributed by atoms with van der Waals surface area (Å²) < 4.78 is 0. The van der Waals surface area contributed by atoms with E-state index in [2.05, 4.69) is 80.9 Å². The van der Waals surface area contributed by atoms with Crippen molar-refractivity contribution in [1.82, 2.24) is 15.2 Å². The van der Waals surface area contributed by atoms with Crippen molar-refractivity contribution in [2.45, 2.75) is 19.4 Å². The van der Waals surface area contributed by atoms with Crippen molar-refractivity contribution in [3.8, 4) is 0 Å². The summed E-state index contributed by atoms with van der Waals surface area (Å²) in [6, 6.07) is 21.2. The Morgan fingerprint density at radius 1 is 1.11 bits per heavy atom. The maximum atomic E-state index is 4.57. The van der Waals surface area contributed by atoms with Gasteiger partial charge in [0.15, 0.2) is 5.96 Å². The molecule has 0 amide bonds. The van der Waals surface area contributed by atoms with Gasteiger partial charge in [0.25, 0.3) is 0 Å². The van der Waals surface area contributed by atoms with Crippen molar-refractivity contribution in [2.24, 2.45) is 10.9 Å². The highest BCUT2D eigenvalue weighted by Crippen LogP contribution is 2.21. The molecule has 0 aliphatic carbocycles. The molecule has 1 unspecified atom stereocenters. The Labute approximate surface area is 161 Å². The number of aromatic nitrogens is 1. The molecule has 0 radical (unpaired) electrons. The van der Waals surface area contributed by atoms with Gasteiger partial charge in [0.2, 0.25) is 0 Å². The molecule has 138 valence electrons. The summed E-state index contributed by atoms with van der Waals surface area (Å²) in [5.74, 6) is 1.65. The van der Waals surface area contributed by atoms with Gasteiger partial charge in [0, 0.05) is 31.7 Å². The van der Waals surface area contributed by atoms with E-state index in [1.807, 2.05) is 13.2 Å². The van der Waals surface area contributed by atoms with Crippen molar-refractivity contribution >= 4 is 16.7 Å². The topological polar surface area (TPSA) is 40.5 Å². The van der Waals surface area contributed by atoms with Crippen LogP contribution in [-0.4, -0.2) is 36.0 Å². The van der Waals surface area contributed by atoms with E-state index >= 15 is 0 Å². The Balaban J connectivity index is 1.38. The van der Waals surface area contributed by atoms with Crippen LogP contribution < -0.4 is 5.32 Å². The zero-order chi connectivity index (χ0) is 18.5. The average molecular weight is 358 g/mol. The fourth-order valence-electron chi connectivity index (χ4n) is 3.96. The number of nitrogens with zero attached hydrogens (tertiary/aromatic N) is 3. The smallest absolute Gasteiger partial charge is 0.193 e.